The fourth-order valence-electron chi connectivity index (χ4n) is 2.87. The normalized spacial score (nSPS) is 17.2. The molecule has 2 rings (SSSR count). The number of para-hydroxylation sites is 1. The van der Waals surface area contributed by atoms with E-state index in [0.29, 0.717) is 19.5 Å². The zero-order chi connectivity index (χ0) is 18.8. The summed E-state index contributed by atoms with van der Waals surface area (Å²) in [6, 6.07) is 9.86. The first-order valence-electron chi connectivity index (χ1n) is 9.21. The van der Waals surface area contributed by atoms with Gasteiger partial charge in [-0.2, -0.15) is 0 Å². The van der Waals surface area contributed by atoms with Crippen LogP contribution in [0.5, 0.6) is 0 Å². The summed E-state index contributed by atoms with van der Waals surface area (Å²) in [5.41, 5.74) is 0.948. The standard InChI is InChI=1S/C19H31N5O2.HI/c1-4-20-19(21-10-11-23(2)12-13-26-3)22-16-14-18(25)24(15-16)17-8-6-5-7-9-17;/h5-9,16H,4,10-15H2,1-3H3,(H2,20,21,22);1H. The molecule has 7 nitrogen and oxygen atoms in total. The lowest BCUT2D eigenvalue weighted by Gasteiger charge is -2.19. The summed E-state index contributed by atoms with van der Waals surface area (Å²) in [5.74, 6) is 0.907. The number of nitrogens with zero attached hydrogens (tertiary/aromatic N) is 3. The van der Waals surface area contributed by atoms with E-state index in [0.717, 1.165) is 37.9 Å². The van der Waals surface area contributed by atoms with Crippen molar-refractivity contribution in [1.82, 2.24) is 15.5 Å². The number of hydrogen-bond acceptors (Lipinski definition) is 4. The third kappa shape index (κ3) is 8.02. The molecule has 0 bridgehead atoms. The molecular formula is C19H32IN5O2. The van der Waals surface area contributed by atoms with Crippen LogP contribution in [0.3, 0.4) is 0 Å². The Bertz CT molecular complexity index is 585. The molecule has 152 valence electrons. The molecule has 1 atom stereocenters. The van der Waals surface area contributed by atoms with Crippen LogP contribution in [0, 0.1) is 0 Å². The van der Waals surface area contributed by atoms with Gasteiger partial charge in [0.1, 0.15) is 0 Å². The van der Waals surface area contributed by atoms with E-state index in [4.69, 9.17) is 4.74 Å². The topological polar surface area (TPSA) is 69.2 Å². The van der Waals surface area contributed by atoms with Gasteiger partial charge >= 0.3 is 0 Å². The molecule has 0 radical (unpaired) electrons. The fourth-order valence-corrected chi connectivity index (χ4v) is 2.87. The number of methoxy groups -OCH3 is 1. The van der Waals surface area contributed by atoms with Gasteiger partial charge in [-0.1, -0.05) is 18.2 Å². The van der Waals surface area contributed by atoms with Crippen molar-refractivity contribution in [1.29, 1.82) is 0 Å². The van der Waals surface area contributed by atoms with Gasteiger partial charge in [0.05, 0.1) is 19.2 Å². The number of hydrogen-bond donors (Lipinski definition) is 2. The van der Waals surface area contributed by atoms with Gasteiger partial charge in [-0.3, -0.25) is 9.79 Å². The minimum absolute atomic E-state index is 0. The molecule has 1 heterocycles. The summed E-state index contributed by atoms with van der Waals surface area (Å²) in [6.45, 7) is 6.64. The number of rotatable bonds is 9. The van der Waals surface area contributed by atoms with Crippen molar-refractivity contribution in [2.75, 3.05) is 58.4 Å². The number of ether oxygens (including phenoxy) is 1. The number of benzene rings is 1. The highest BCUT2D eigenvalue weighted by atomic mass is 127. The first kappa shape index (κ1) is 23.6. The predicted octanol–water partition coefficient (Wildman–Crippen LogP) is 1.54. The second kappa shape index (κ2) is 12.9. The fraction of sp³-hybridized carbons (Fsp3) is 0.579. The second-order valence-corrected chi connectivity index (χ2v) is 6.44. The number of halogens is 1. The molecule has 0 aliphatic carbocycles. The molecular weight excluding hydrogens is 457 g/mol. The smallest absolute Gasteiger partial charge is 0.229 e. The van der Waals surface area contributed by atoms with Gasteiger partial charge in [-0.25, -0.2) is 0 Å². The third-order valence-electron chi connectivity index (χ3n) is 4.31. The van der Waals surface area contributed by atoms with Crippen molar-refractivity contribution in [2.45, 2.75) is 19.4 Å². The van der Waals surface area contributed by atoms with Crippen LogP contribution in [0.25, 0.3) is 0 Å². The lowest BCUT2D eigenvalue weighted by molar-refractivity contribution is -0.117. The molecule has 1 aliphatic rings. The number of nitrogens with one attached hydrogen (secondary N) is 2. The van der Waals surface area contributed by atoms with E-state index < -0.39 is 0 Å². The van der Waals surface area contributed by atoms with Crippen LogP contribution in [-0.2, 0) is 9.53 Å². The van der Waals surface area contributed by atoms with E-state index in [1.165, 1.54) is 0 Å². The first-order valence-corrected chi connectivity index (χ1v) is 9.21. The molecule has 1 aromatic carbocycles. The lowest BCUT2D eigenvalue weighted by atomic mass is 10.2. The zero-order valence-corrected chi connectivity index (χ0v) is 18.8. The average molecular weight is 489 g/mol. The quantitative estimate of drug-likeness (QED) is 0.313. The molecule has 1 amide bonds. The molecule has 0 saturated carbocycles. The van der Waals surface area contributed by atoms with Crippen molar-refractivity contribution in [3.8, 4) is 0 Å². The summed E-state index contributed by atoms with van der Waals surface area (Å²) in [7, 11) is 3.77. The highest BCUT2D eigenvalue weighted by Gasteiger charge is 2.30. The molecule has 1 unspecified atom stereocenters. The predicted molar refractivity (Wildman–Crippen MR) is 121 cm³/mol. The molecule has 1 aliphatic heterocycles. The highest BCUT2D eigenvalue weighted by Crippen LogP contribution is 2.20. The van der Waals surface area contributed by atoms with Gasteiger partial charge in [-0.05, 0) is 26.1 Å². The number of likely N-dealkylation sites (N-methyl/N-ethyl adjacent to an activating group) is 1. The monoisotopic (exact) mass is 489 g/mol. The van der Waals surface area contributed by atoms with Gasteiger partial charge in [0.25, 0.3) is 0 Å². The molecule has 1 fully saturated rings. The van der Waals surface area contributed by atoms with E-state index >= 15 is 0 Å². The summed E-state index contributed by atoms with van der Waals surface area (Å²) >= 11 is 0. The Morgan fingerprint density at radius 2 is 2.07 bits per heavy atom. The van der Waals surface area contributed by atoms with Gasteiger partial charge in [0.15, 0.2) is 5.96 Å². The minimum atomic E-state index is 0. The van der Waals surface area contributed by atoms with Crippen molar-refractivity contribution >= 4 is 41.5 Å². The highest BCUT2D eigenvalue weighted by molar-refractivity contribution is 14.0. The van der Waals surface area contributed by atoms with Gasteiger partial charge in [0.2, 0.25) is 5.91 Å². The van der Waals surface area contributed by atoms with Crippen molar-refractivity contribution < 1.29 is 9.53 Å². The van der Waals surface area contributed by atoms with Crippen molar-refractivity contribution in [2.24, 2.45) is 4.99 Å². The summed E-state index contributed by atoms with van der Waals surface area (Å²) in [4.78, 5) is 21.0. The Morgan fingerprint density at radius 3 is 2.74 bits per heavy atom. The Balaban J connectivity index is 0.00000364. The van der Waals surface area contributed by atoms with Gasteiger partial charge in [-0.15, -0.1) is 24.0 Å². The number of carbonyl (C=O) groups is 1. The summed E-state index contributed by atoms with van der Waals surface area (Å²) in [5, 5.41) is 6.66. The SMILES string of the molecule is CCNC(=NCCN(C)CCOC)NC1CC(=O)N(c2ccccc2)C1.I. The molecule has 1 saturated heterocycles. The molecule has 2 N–H and O–H groups in total. The maximum Gasteiger partial charge on any atom is 0.229 e. The molecule has 0 spiro atoms. The van der Waals surface area contributed by atoms with E-state index in [2.05, 4.69) is 27.6 Å². The van der Waals surface area contributed by atoms with Crippen LogP contribution in [0.2, 0.25) is 0 Å². The Labute approximate surface area is 179 Å². The van der Waals surface area contributed by atoms with E-state index in [1.54, 1.807) is 7.11 Å². The molecule has 1 aromatic rings. The number of anilines is 1. The summed E-state index contributed by atoms with van der Waals surface area (Å²) < 4.78 is 5.08. The summed E-state index contributed by atoms with van der Waals surface area (Å²) in [6.07, 6.45) is 0.479. The zero-order valence-electron chi connectivity index (χ0n) is 16.5. The van der Waals surface area contributed by atoms with Crippen molar-refractivity contribution in [3.05, 3.63) is 30.3 Å². The van der Waals surface area contributed by atoms with Crippen LogP contribution in [0.15, 0.2) is 35.3 Å². The Kier molecular flexibility index (Phi) is 11.3. The Morgan fingerprint density at radius 1 is 1.33 bits per heavy atom. The number of carbonyl (C=O) groups excluding carboxylic acids is 1. The van der Waals surface area contributed by atoms with Gasteiger partial charge in [0, 0.05) is 45.4 Å². The van der Waals surface area contributed by atoms with Crippen LogP contribution in [0.4, 0.5) is 5.69 Å². The number of amides is 1. The third-order valence-corrected chi connectivity index (χ3v) is 4.31. The first-order chi connectivity index (χ1) is 12.6. The van der Waals surface area contributed by atoms with Crippen molar-refractivity contribution in [3.63, 3.8) is 0 Å². The molecule has 27 heavy (non-hydrogen) atoms. The van der Waals surface area contributed by atoms with Crippen LogP contribution >= 0.6 is 24.0 Å². The van der Waals surface area contributed by atoms with Gasteiger partial charge < -0.3 is 25.2 Å². The molecule has 8 heteroatoms. The lowest BCUT2D eigenvalue weighted by Crippen LogP contribution is -2.45. The van der Waals surface area contributed by atoms with E-state index in [-0.39, 0.29) is 35.9 Å². The number of guanidine groups is 1. The van der Waals surface area contributed by atoms with Crippen LogP contribution < -0.4 is 15.5 Å². The average Bonchev–Trinajstić information content (AvgIpc) is 3.01. The second-order valence-electron chi connectivity index (χ2n) is 6.44. The minimum Gasteiger partial charge on any atom is -0.383 e. The largest absolute Gasteiger partial charge is 0.383 e. The molecule has 0 aromatic heterocycles. The Hall–Kier alpha value is -1.39. The maximum atomic E-state index is 12.3. The maximum absolute atomic E-state index is 12.3. The van der Waals surface area contributed by atoms with Crippen LogP contribution in [0.1, 0.15) is 13.3 Å². The van der Waals surface area contributed by atoms with Crippen LogP contribution in [-0.4, -0.2) is 76.3 Å². The van der Waals surface area contributed by atoms with E-state index in [9.17, 15) is 4.79 Å². The number of aliphatic imine (C=N–C) groups is 1. The van der Waals surface area contributed by atoms with E-state index in [1.807, 2.05) is 42.2 Å².